The molecule has 0 saturated carbocycles. The summed E-state index contributed by atoms with van der Waals surface area (Å²) in [6, 6.07) is 11.1. The molecule has 1 saturated heterocycles. The third-order valence-corrected chi connectivity index (χ3v) is 4.92. The summed E-state index contributed by atoms with van der Waals surface area (Å²) in [6.07, 6.45) is 0.981. The maximum absolute atomic E-state index is 13.8. The van der Waals surface area contributed by atoms with Gasteiger partial charge in [0.25, 0.3) is 11.8 Å². The van der Waals surface area contributed by atoms with E-state index >= 15 is 0 Å². The lowest BCUT2D eigenvalue weighted by Gasteiger charge is -2.18. The predicted octanol–water partition coefficient (Wildman–Crippen LogP) is 3.49. The molecule has 1 unspecified atom stereocenters. The summed E-state index contributed by atoms with van der Waals surface area (Å²) in [6.45, 7) is 4.19. The van der Waals surface area contributed by atoms with Crippen molar-refractivity contribution < 1.29 is 14.0 Å². The lowest BCUT2D eigenvalue weighted by molar-refractivity contribution is 0.0787. The number of anilines is 1. The fraction of sp³-hybridized carbons (Fsp3) is 0.333. The highest BCUT2D eigenvalue weighted by molar-refractivity contribution is 6.05. The summed E-state index contributed by atoms with van der Waals surface area (Å²) in [5.41, 5.74) is 1.82. The second-order valence-electron chi connectivity index (χ2n) is 6.93. The van der Waals surface area contributed by atoms with Gasteiger partial charge in [-0.15, -0.1) is 12.4 Å². The van der Waals surface area contributed by atoms with Gasteiger partial charge < -0.3 is 15.5 Å². The minimum absolute atomic E-state index is 0. The van der Waals surface area contributed by atoms with E-state index < -0.39 is 11.7 Å². The van der Waals surface area contributed by atoms with Crippen LogP contribution in [0, 0.1) is 18.7 Å². The summed E-state index contributed by atoms with van der Waals surface area (Å²) in [5, 5.41) is 5.87. The highest BCUT2D eigenvalue weighted by atomic mass is 35.5. The van der Waals surface area contributed by atoms with E-state index in [9.17, 15) is 14.0 Å². The third-order valence-electron chi connectivity index (χ3n) is 4.92. The highest BCUT2D eigenvalue weighted by Crippen LogP contribution is 2.22. The Labute approximate surface area is 170 Å². The Kier molecular flexibility index (Phi) is 7.54. The Morgan fingerprint density at radius 2 is 1.96 bits per heavy atom. The molecule has 0 aromatic heterocycles. The monoisotopic (exact) mass is 405 g/mol. The lowest BCUT2D eigenvalue weighted by Crippen LogP contribution is -2.30. The number of rotatable bonds is 5. The zero-order valence-electron chi connectivity index (χ0n) is 16.0. The van der Waals surface area contributed by atoms with Crippen LogP contribution in [0.5, 0.6) is 0 Å². The number of carbonyl (C=O) groups is 2. The standard InChI is InChI=1S/C21H24FN3O2.ClH/c1-14-7-8-16(21(27)25-10-9-15(13-25)12-23-2)11-19(14)24-20(26)17-5-3-4-6-18(17)22;/h3-8,11,15,23H,9-10,12-13H2,1-2H3,(H,24,26);1H. The van der Waals surface area contributed by atoms with Crippen LogP contribution in [-0.2, 0) is 0 Å². The average Bonchev–Trinajstić information content (AvgIpc) is 3.12. The van der Waals surface area contributed by atoms with E-state index in [0.717, 1.165) is 31.6 Å². The number of aryl methyl sites for hydroxylation is 1. The molecule has 7 heteroatoms. The molecular weight excluding hydrogens is 381 g/mol. The molecule has 150 valence electrons. The molecule has 0 bridgehead atoms. The van der Waals surface area contributed by atoms with Crippen molar-refractivity contribution in [3.8, 4) is 0 Å². The van der Waals surface area contributed by atoms with Gasteiger partial charge in [-0.1, -0.05) is 18.2 Å². The Balaban J connectivity index is 0.00000280. The summed E-state index contributed by atoms with van der Waals surface area (Å²) < 4.78 is 13.8. The maximum atomic E-state index is 13.8. The number of nitrogens with zero attached hydrogens (tertiary/aromatic N) is 1. The number of carbonyl (C=O) groups excluding carboxylic acids is 2. The quantitative estimate of drug-likeness (QED) is 0.800. The molecule has 0 spiro atoms. The van der Waals surface area contributed by atoms with Gasteiger partial charge >= 0.3 is 0 Å². The molecule has 3 rings (SSSR count). The van der Waals surface area contributed by atoms with Crippen molar-refractivity contribution in [3.63, 3.8) is 0 Å². The second-order valence-corrected chi connectivity index (χ2v) is 6.93. The summed E-state index contributed by atoms with van der Waals surface area (Å²) in [7, 11) is 1.91. The number of nitrogens with one attached hydrogen (secondary N) is 2. The number of hydrogen-bond donors (Lipinski definition) is 2. The molecule has 2 N–H and O–H groups in total. The molecule has 1 heterocycles. The van der Waals surface area contributed by atoms with Crippen molar-refractivity contribution in [2.24, 2.45) is 5.92 Å². The molecule has 2 aromatic carbocycles. The first kappa shape index (κ1) is 21.9. The number of amides is 2. The van der Waals surface area contributed by atoms with Crippen LogP contribution >= 0.6 is 12.4 Å². The maximum Gasteiger partial charge on any atom is 0.258 e. The Hall–Kier alpha value is -2.44. The third kappa shape index (κ3) is 4.88. The highest BCUT2D eigenvalue weighted by Gasteiger charge is 2.26. The van der Waals surface area contributed by atoms with Crippen molar-refractivity contribution in [2.45, 2.75) is 13.3 Å². The normalized spacial score (nSPS) is 15.8. The fourth-order valence-electron chi connectivity index (χ4n) is 3.38. The van der Waals surface area contributed by atoms with Gasteiger partial charge in [-0.05, 0) is 62.7 Å². The van der Waals surface area contributed by atoms with Crippen LogP contribution in [0.1, 0.15) is 32.7 Å². The lowest BCUT2D eigenvalue weighted by atomic mass is 10.1. The first-order chi connectivity index (χ1) is 13.0. The van der Waals surface area contributed by atoms with Gasteiger partial charge in [-0.3, -0.25) is 9.59 Å². The van der Waals surface area contributed by atoms with Crippen molar-refractivity contribution >= 4 is 29.9 Å². The van der Waals surface area contributed by atoms with E-state index in [1.165, 1.54) is 18.2 Å². The van der Waals surface area contributed by atoms with Crippen LogP contribution in [0.2, 0.25) is 0 Å². The van der Waals surface area contributed by atoms with Gasteiger partial charge in [0.05, 0.1) is 5.56 Å². The van der Waals surface area contributed by atoms with E-state index in [0.29, 0.717) is 17.2 Å². The molecular formula is C21H25ClFN3O2. The minimum Gasteiger partial charge on any atom is -0.338 e. The molecule has 1 aliphatic rings. The van der Waals surface area contributed by atoms with E-state index in [2.05, 4.69) is 10.6 Å². The molecule has 0 radical (unpaired) electrons. The van der Waals surface area contributed by atoms with Gasteiger partial charge in [0.2, 0.25) is 0 Å². The summed E-state index contributed by atoms with van der Waals surface area (Å²) in [5.74, 6) is -0.691. The number of hydrogen-bond acceptors (Lipinski definition) is 3. The first-order valence-corrected chi connectivity index (χ1v) is 9.10. The van der Waals surface area contributed by atoms with Crippen LogP contribution in [0.4, 0.5) is 10.1 Å². The van der Waals surface area contributed by atoms with Crippen LogP contribution in [0.3, 0.4) is 0 Å². The number of halogens is 2. The van der Waals surface area contributed by atoms with E-state index in [1.807, 2.05) is 18.9 Å². The van der Waals surface area contributed by atoms with Gasteiger partial charge in [-0.25, -0.2) is 4.39 Å². The van der Waals surface area contributed by atoms with E-state index in [4.69, 9.17) is 0 Å². The van der Waals surface area contributed by atoms with E-state index in [-0.39, 0.29) is 23.9 Å². The predicted molar refractivity (Wildman–Crippen MR) is 111 cm³/mol. The molecule has 1 atom stereocenters. The van der Waals surface area contributed by atoms with Gasteiger partial charge in [0.15, 0.2) is 0 Å². The summed E-state index contributed by atoms with van der Waals surface area (Å²) in [4.78, 5) is 27.0. The van der Waals surface area contributed by atoms with Crippen LogP contribution in [-0.4, -0.2) is 43.4 Å². The fourth-order valence-corrected chi connectivity index (χ4v) is 3.38. The van der Waals surface area contributed by atoms with Crippen molar-refractivity contribution in [2.75, 3.05) is 32.0 Å². The van der Waals surface area contributed by atoms with Crippen molar-refractivity contribution in [1.82, 2.24) is 10.2 Å². The topological polar surface area (TPSA) is 61.4 Å². The number of likely N-dealkylation sites (tertiary alicyclic amines) is 1. The van der Waals surface area contributed by atoms with Gasteiger partial charge in [0, 0.05) is 24.3 Å². The minimum atomic E-state index is -0.576. The van der Waals surface area contributed by atoms with Gasteiger partial charge in [-0.2, -0.15) is 0 Å². The molecule has 1 fully saturated rings. The van der Waals surface area contributed by atoms with Crippen LogP contribution < -0.4 is 10.6 Å². The largest absolute Gasteiger partial charge is 0.338 e. The van der Waals surface area contributed by atoms with Crippen molar-refractivity contribution in [3.05, 3.63) is 65.0 Å². The summed E-state index contributed by atoms with van der Waals surface area (Å²) >= 11 is 0. The first-order valence-electron chi connectivity index (χ1n) is 9.10. The molecule has 0 aliphatic carbocycles. The van der Waals surface area contributed by atoms with Gasteiger partial charge in [0.1, 0.15) is 5.82 Å². The Morgan fingerprint density at radius 1 is 1.21 bits per heavy atom. The average molecular weight is 406 g/mol. The SMILES string of the molecule is CNCC1CCN(C(=O)c2ccc(C)c(NC(=O)c3ccccc3F)c2)C1.Cl. The van der Waals surface area contributed by atoms with Crippen LogP contribution in [0.15, 0.2) is 42.5 Å². The number of benzene rings is 2. The Morgan fingerprint density at radius 3 is 2.68 bits per heavy atom. The smallest absolute Gasteiger partial charge is 0.258 e. The zero-order valence-corrected chi connectivity index (χ0v) is 16.8. The molecule has 5 nitrogen and oxygen atoms in total. The molecule has 1 aliphatic heterocycles. The second kappa shape index (κ2) is 9.66. The zero-order chi connectivity index (χ0) is 19.4. The van der Waals surface area contributed by atoms with Crippen molar-refractivity contribution in [1.29, 1.82) is 0 Å². The molecule has 28 heavy (non-hydrogen) atoms. The molecule has 2 amide bonds. The van der Waals surface area contributed by atoms with E-state index in [1.54, 1.807) is 24.3 Å². The molecule has 2 aromatic rings. The Bertz CT molecular complexity index is 859. The van der Waals surface area contributed by atoms with Crippen LogP contribution in [0.25, 0.3) is 0 Å².